The maximum Gasteiger partial charge on any atom is 0.298 e. The van der Waals surface area contributed by atoms with E-state index in [-0.39, 0.29) is 28.5 Å². The maximum absolute atomic E-state index is 13.1. The third-order valence-corrected chi connectivity index (χ3v) is 4.72. The first-order valence-corrected chi connectivity index (χ1v) is 9.66. The molecular weight excluding hydrogens is 426 g/mol. The molecule has 0 N–H and O–H groups in total. The Balaban J connectivity index is 1.72. The van der Waals surface area contributed by atoms with Gasteiger partial charge in [-0.15, -0.1) is 0 Å². The summed E-state index contributed by atoms with van der Waals surface area (Å²) in [5, 5.41) is 27.4. The first-order chi connectivity index (χ1) is 15.9. The van der Waals surface area contributed by atoms with E-state index in [0.717, 1.165) is 5.01 Å². The van der Waals surface area contributed by atoms with Crippen molar-refractivity contribution >= 4 is 35.4 Å². The van der Waals surface area contributed by atoms with Crippen LogP contribution >= 0.6 is 0 Å². The number of nitro groups is 2. The molecule has 0 radical (unpaired) electrons. The summed E-state index contributed by atoms with van der Waals surface area (Å²) in [6.45, 7) is 0. The number of nitro benzene ring substituents is 2. The minimum atomic E-state index is -0.540. The van der Waals surface area contributed by atoms with Crippen molar-refractivity contribution in [1.82, 2.24) is 5.01 Å². The number of benzene rings is 3. The lowest BCUT2D eigenvalue weighted by Gasteiger charge is -2.11. The van der Waals surface area contributed by atoms with Crippen molar-refractivity contribution in [3.05, 3.63) is 121 Å². The summed E-state index contributed by atoms with van der Waals surface area (Å²) in [7, 11) is 0. The van der Waals surface area contributed by atoms with Gasteiger partial charge in [0.15, 0.2) is 5.84 Å². The first-order valence-electron chi connectivity index (χ1n) is 9.66. The fraction of sp³-hybridized carbons (Fsp3) is 0. The van der Waals surface area contributed by atoms with Crippen molar-refractivity contribution in [3.63, 3.8) is 0 Å². The van der Waals surface area contributed by atoms with E-state index >= 15 is 0 Å². The van der Waals surface area contributed by atoms with E-state index in [2.05, 4.69) is 10.1 Å². The summed E-state index contributed by atoms with van der Waals surface area (Å²) in [5.41, 5.74) is 1.26. The number of para-hydroxylation sites is 1. The SMILES string of the molecule is O=C1/C(=C\c2ccc([N+](=O)[O-])cc2)N=C(c2ccccc2)N1/N=C/c1ccccc1[N+](=O)[O-]. The van der Waals surface area contributed by atoms with Crippen LogP contribution in [0.25, 0.3) is 6.08 Å². The summed E-state index contributed by atoms with van der Waals surface area (Å²) < 4.78 is 0. The van der Waals surface area contributed by atoms with E-state index in [1.54, 1.807) is 36.4 Å². The quantitative estimate of drug-likeness (QED) is 0.245. The molecule has 0 aromatic heterocycles. The Hall–Kier alpha value is -4.99. The summed E-state index contributed by atoms with van der Waals surface area (Å²) in [5.74, 6) is -0.286. The lowest BCUT2D eigenvalue weighted by atomic mass is 10.2. The number of amidine groups is 1. The average molecular weight is 441 g/mol. The molecule has 0 unspecified atom stereocenters. The van der Waals surface area contributed by atoms with Gasteiger partial charge in [0.1, 0.15) is 5.70 Å². The minimum absolute atomic E-state index is 0.0703. The van der Waals surface area contributed by atoms with Crippen LogP contribution < -0.4 is 0 Å². The van der Waals surface area contributed by atoms with Crippen LogP contribution in [0.5, 0.6) is 0 Å². The van der Waals surface area contributed by atoms with Crippen LogP contribution in [0, 0.1) is 20.2 Å². The van der Waals surface area contributed by atoms with Gasteiger partial charge in [-0.05, 0) is 29.8 Å². The highest BCUT2D eigenvalue weighted by Gasteiger charge is 2.31. The van der Waals surface area contributed by atoms with Crippen molar-refractivity contribution in [2.45, 2.75) is 0 Å². The predicted molar refractivity (Wildman–Crippen MR) is 122 cm³/mol. The number of carbonyl (C=O) groups excluding carboxylic acids is 1. The molecule has 0 saturated carbocycles. The number of nitrogens with zero attached hydrogens (tertiary/aromatic N) is 5. The van der Waals surface area contributed by atoms with E-state index in [0.29, 0.717) is 11.1 Å². The highest BCUT2D eigenvalue weighted by molar-refractivity contribution is 6.19. The van der Waals surface area contributed by atoms with Crippen LogP contribution in [0.4, 0.5) is 11.4 Å². The van der Waals surface area contributed by atoms with E-state index in [9.17, 15) is 25.0 Å². The highest BCUT2D eigenvalue weighted by Crippen LogP contribution is 2.24. The molecule has 0 atom stereocenters. The molecule has 162 valence electrons. The van der Waals surface area contributed by atoms with Gasteiger partial charge in [-0.25, -0.2) is 4.99 Å². The van der Waals surface area contributed by atoms with Gasteiger partial charge in [-0.1, -0.05) is 42.5 Å². The molecule has 1 heterocycles. The van der Waals surface area contributed by atoms with E-state index in [4.69, 9.17) is 0 Å². The third kappa shape index (κ3) is 4.54. The summed E-state index contributed by atoms with van der Waals surface area (Å²) in [4.78, 5) is 38.6. The fourth-order valence-corrected chi connectivity index (χ4v) is 3.12. The number of non-ortho nitro benzene ring substituents is 1. The van der Waals surface area contributed by atoms with E-state index < -0.39 is 15.8 Å². The first kappa shape index (κ1) is 21.2. The molecule has 1 amide bonds. The normalized spacial score (nSPS) is 14.7. The molecule has 0 spiro atoms. The number of hydrogen-bond donors (Lipinski definition) is 0. The van der Waals surface area contributed by atoms with Gasteiger partial charge in [0.05, 0.1) is 21.6 Å². The third-order valence-electron chi connectivity index (χ3n) is 4.72. The smallest absolute Gasteiger partial charge is 0.265 e. The molecule has 1 aliphatic rings. The lowest BCUT2D eigenvalue weighted by molar-refractivity contribution is -0.385. The van der Waals surface area contributed by atoms with E-state index in [1.165, 1.54) is 48.7 Å². The van der Waals surface area contributed by atoms with E-state index in [1.807, 2.05) is 6.07 Å². The molecule has 0 bridgehead atoms. The Morgan fingerprint density at radius 1 is 0.848 bits per heavy atom. The Kier molecular flexibility index (Phi) is 5.81. The Morgan fingerprint density at radius 3 is 2.18 bits per heavy atom. The van der Waals surface area contributed by atoms with Crippen LogP contribution in [0.15, 0.2) is 94.7 Å². The van der Waals surface area contributed by atoms with Crippen molar-refractivity contribution in [1.29, 1.82) is 0 Å². The zero-order valence-electron chi connectivity index (χ0n) is 16.9. The average Bonchev–Trinajstić information content (AvgIpc) is 3.13. The van der Waals surface area contributed by atoms with Gasteiger partial charge in [-0.3, -0.25) is 25.0 Å². The Labute approximate surface area is 187 Å². The number of aliphatic imine (C=N–C) groups is 1. The second kappa shape index (κ2) is 9.02. The molecule has 33 heavy (non-hydrogen) atoms. The maximum atomic E-state index is 13.1. The Morgan fingerprint density at radius 2 is 1.52 bits per heavy atom. The van der Waals surface area contributed by atoms with Crippen molar-refractivity contribution in [2.24, 2.45) is 10.1 Å². The molecule has 1 aliphatic heterocycles. The largest absolute Gasteiger partial charge is 0.298 e. The summed E-state index contributed by atoms with van der Waals surface area (Å²) >= 11 is 0. The van der Waals surface area contributed by atoms with Gasteiger partial charge in [0.25, 0.3) is 17.3 Å². The molecule has 10 heteroatoms. The standard InChI is InChI=1S/C23H15N5O5/c29-23-20(14-16-10-12-19(13-11-16)27(30)31)25-22(17-6-2-1-3-7-17)26(23)24-15-18-8-4-5-9-21(18)28(32)33/h1-15H/b20-14+,24-15+. The Bertz CT molecular complexity index is 1330. The van der Waals surface area contributed by atoms with Gasteiger partial charge in [0.2, 0.25) is 0 Å². The molecule has 0 aliphatic carbocycles. The second-order valence-electron chi connectivity index (χ2n) is 6.86. The highest BCUT2D eigenvalue weighted by atomic mass is 16.6. The van der Waals surface area contributed by atoms with Crippen molar-refractivity contribution in [3.8, 4) is 0 Å². The lowest BCUT2D eigenvalue weighted by Crippen LogP contribution is -2.27. The van der Waals surface area contributed by atoms with Gasteiger partial charge >= 0.3 is 0 Å². The summed E-state index contributed by atoms with van der Waals surface area (Å²) in [6.07, 6.45) is 2.73. The number of amides is 1. The molecule has 0 fully saturated rings. The second-order valence-corrected chi connectivity index (χ2v) is 6.86. The van der Waals surface area contributed by atoms with Gasteiger partial charge in [0, 0.05) is 23.8 Å². The topological polar surface area (TPSA) is 131 Å². The number of carbonyl (C=O) groups is 1. The molecule has 10 nitrogen and oxygen atoms in total. The predicted octanol–water partition coefficient (Wildman–Crippen LogP) is 4.17. The molecular formula is C23H15N5O5. The monoisotopic (exact) mass is 441 g/mol. The molecule has 3 aromatic carbocycles. The van der Waals surface area contributed by atoms with Crippen LogP contribution in [0.1, 0.15) is 16.7 Å². The van der Waals surface area contributed by atoms with Crippen molar-refractivity contribution < 1.29 is 14.6 Å². The molecule has 0 saturated heterocycles. The zero-order chi connectivity index (χ0) is 23.4. The summed E-state index contributed by atoms with van der Waals surface area (Å²) in [6, 6.07) is 20.6. The van der Waals surface area contributed by atoms with Crippen LogP contribution in [-0.4, -0.2) is 32.8 Å². The minimum Gasteiger partial charge on any atom is -0.265 e. The van der Waals surface area contributed by atoms with Crippen LogP contribution in [0.3, 0.4) is 0 Å². The number of hydrogen-bond acceptors (Lipinski definition) is 7. The van der Waals surface area contributed by atoms with Gasteiger partial charge < -0.3 is 0 Å². The van der Waals surface area contributed by atoms with Crippen LogP contribution in [0.2, 0.25) is 0 Å². The van der Waals surface area contributed by atoms with Crippen LogP contribution in [-0.2, 0) is 4.79 Å². The van der Waals surface area contributed by atoms with Crippen molar-refractivity contribution in [2.75, 3.05) is 0 Å². The van der Waals surface area contributed by atoms with Gasteiger partial charge in [-0.2, -0.15) is 10.1 Å². The fourth-order valence-electron chi connectivity index (χ4n) is 3.12. The molecule has 3 aromatic rings. The molecule has 4 rings (SSSR count). The zero-order valence-corrected chi connectivity index (χ0v) is 16.9. The number of hydrazone groups is 1. The number of rotatable bonds is 6.